The predicted molar refractivity (Wildman–Crippen MR) is 145 cm³/mol. The standard InChI is InChI=1S/C28H33N7O4/c1-28(2,38)16-35-23-11-6-17(18-14-31-34(3)15-18)13-22(23)24(33-35)26(37)32-19-7-9-20(10-8-19)39-27-21(25(29)36)5-4-12-30-27/h4-6,11-15,19-20,38H,7-10,16H2,1-3H3,(H2,29,36)(H,32,37). The van der Waals surface area contributed by atoms with Crippen molar-refractivity contribution in [3.8, 4) is 17.0 Å². The fraction of sp³-hybridized carbons (Fsp3) is 0.393. The van der Waals surface area contributed by atoms with Crippen molar-refractivity contribution >= 4 is 22.7 Å². The summed E-state index contributed by atoms with van der Waals surface area (Å²) in [5, 5.41) is 23.2. The first-order chi connectivity index (χ1) is 18.6. The minimum absolute atomic E-state index is 0.0484. The van der Waals surface area contributed by atoms with Gasteiger partial charge in [0.15, 0.2) is 5.69 Å². The van der Waals surface area contributed by atoms with Gasteiger partial charge in [0.25, 0.3) is 11.8 Å². The smallest absolute Gasteiger partial charge is 0.272 e. The molecule has 0 atom stereocenters. The summed E-state index contributed by atoms with van der Waals surface area (Å²) in [7, 11) is 1.86. The molecule has 1 aromatic carbocycles. The second-order valence-corrected chi connectivity index (χ2v) is 10.7. The third kappa shape index (κ3) is 5.93. The maximum absolute atomic E-state index is 13.5. The van der Waals surface area contributed by atoms with Gasteiger partial charge in [-0.1, -0.05) is 6.07 Å². The van der Waals surface area contributed by atoms with Crippen LogP contribution < -0.4 is 15.8 Å². The van der Waals surface area contributed by atoms with E-state index in [2.05, 4.69) is 20.5 Å². The van der Waals surface area contributed by atoms with E-state index in [0.717, 1.165) is 16.6 Å². The van der Waals surface area contributed by atoms with E-state index in [1.165, 1.54) is 0 Å². The molecule has 0 bridgehead atoms. The Morgan fingerprint density at radius 3 is 2.62 bits per heavy atom. The van der Waals surface area contributed by atoms with Gasteiger partial charge in [0.05, 0.1) is 23.9 Å². The van der Waals surface area contributed by atoms with Gasteiger partial charge < -0.3 is 20.9 Å². The second kappa shape index (κ2) is 10.5. The Hall–Kier alpha value is -4.25. The first kappa shape index (κ1) is 26.4. The van der Waals surface area contributed by atoms with Gasteiger partial charge in [-0.05, 0) is 69.4 Å². The van der Waals surface area contributed by atoms with Crippen molar-refractivity contribution in [3.63, 3.8) is 0 Å². The normalized spacial score (nSPS) is 17.7. The van der Waals surface area contributed by atoms with Crippen LogP contribution >= 0.6 is 0 Å². The Bertz CT molecular complexity index is 1510. The Morgan fingerprint density at radius 2 is 1.95 bits per heavy atom. The Balaban J connectivity index is 1.32. The first-order valence-corrected chi connectivity index (χ1v) is 13.0. The van der Waals surface area contributed by atoms with Crippen molar-refractivity contribution in [2.24, 2.45) is 12.8 Å². The van der Waals surface area contributed by atoms with Crippen molar-refractivity contribution in [2.45, 2.75) is 63.8 Å². The summed E-state index contributed by atoms with van der Waals surface area (Å²) in [6, 6.07) is 9.03. The van der Waals surface area contributed by atoms with Crippen LogP contribution in [-0.4, -0.2) is 59.2 Å². The van der Waals surface area contributed by atoms with E-state index in [1.807, 2.05) is 31.4 Å². The number of hydrogen-bond donors (Lipinski definition) is 3. The molecular weight excluding hydrogens is 498 g/mol. The number of ether oxygens (including phenoxy) is 1. The lowest BCUT2D eigenvalue weighted by Crippen LogP contribution is -2.40. The maximum atomic E-state index is 13.5. The molecule has 4 N–H and O–H groups in total. The number of pyridine rings is 1. The summed E-state index contributed by atoms with van der Waals surface area (Å²) >= 11 is 0. The summed E-state index contributed by atoms with van der Waals surface area (Å²) < 4.78 is 9.39. The number of aryl methyl sites for hydroxylation is 1. The Labute approximate surface area is 226 Å². The molecule has 5 rings (SSSR count). The fourth-order valence-corrected chi connectivity index (χ4v) is 4.99. The second-order valence-electron chi connectivity index (χ2n) is 10.7. The maximum Gasteiger partial charge on any atom is 0.272 e. The average molecular weight is 532 g/mol. The zero-order valence-corrected chi connectivity index (χ0v) is 22.3. The van der Waals surface area contributed by atoms with Gasteiger partial charge in [-0.2, -0.15) is 10.2 Å². The summed E-state index contributed by atoms with van der Waals surface area (Å²) in [4.78, 5) is 29.3. The average Bonchev–Trinajstić information content (AvgIpc) is 3.48. The third-order valence-corrected chi connectivity index (χ3v) is 6.86. The van der Waals surface area contributed by atoms with Crippen LogP contribution in [0.25, 0.3) is 22.0 Å². The highest BCUT2D eigenvalue weighted by molar-refractivity contribution is 6.06. The van der Waals surface area contributed by atoms with Crippen LogP contribution in [0, 0.1) is 0 Å². The molecule has 3 aromatic heterocycles. The number of nitrogens with two attached hydrogens (primary N) is 1. The largest absolute Gasteiger partial charge is 0.474 e. The van der Waals surface area contributed by atoms with Gasteiger partial charge in [-0.15, -0.1) is 0 Å². The molecule has 204 valence electrons. The topological polar surface area (TPSA) is 150 Å². The number of rotatable bonds is 8. The fourth-order valence-electron chi connectivity index (χ4n) is 4.99. The molecule has 0 unspecified atom stereocenters. The number of hydrogen-bond acceptors (Lipinski definition) is 7. The number of carbonyl (C=O) groups is 2. The minimum Gasteiger partial charge on any atom is -0.474 e. The molecule has 11 heteroatoms. The van der Waals surface area contributed by atoms with E-state index in [-0.39, 0.29) is 36.0 Å². The van der Waals surface area contributed by atoms with Crippen molar-refractivity contribution in [3.05, 3.63) is 60.2 Å². The molecule has 0 saturated heterocycles. The lowest BCUT2D eigenvalue weighted by molar-refractivity contribution is 0.0587. The molecule has 39 heavy (non-hydrogen) atoms. The van der Waals surface area contributed by atoms with Crippen LogP contribution in [0.15, 0.2) is 48.9 Å². The molecule has 1 aliphatic carbocycles. The number of nitrogens with zero attached hydrogens (tertiary/aromatic N) is 5. The highest BCUT2D eigenvalue weighted by Crippen LogP contribution is 2.29. The zero-order valence-electron chi connectivity index (χ0n) is 22.3. The van der Waals surface area contributed by atoms with Crippen LogP contribution in [0.4, 0.5) is 0 Å². The number of fused-ring (bicyclic) bond motifs is 1. The van der Waals surface area contributed by atoms with Crippen LogP contribution in [-0.2, 0) is 13.6 Å². The van der Waals surface area contributed by atoms with E-state index < -0.39 is 11.5 Å². The highest BCUT2D eigenvalue weighted by atomic mass is 16.5. The van der Waals surface area contributed by atoms with E-state index in [0.29, 0.717) is 36.8 Å². The quantitative estimate of drug-likeness (QED) is 0.316. The van der Waals surface area contributed by atoms with Crippen LogP contribution in [0.3, 0.4) is 0 Å². The number of primary amides is 1. The van der Waals surface area contributed by atoms with Crippen LogP contribution in [0.5, 0.6) is 5.88 Å². The van der Waals surface area contributed by atoms with Gasteiger partial charge in [0.1, 0.15) is 11.7 Å². The van der Waals surface area contributed by atoms with Crippen molar-refractivity contribution < 1.29 is 19.4 Å². The summed E-state index contributed by atoms with van der Waals surface area (Å²) in [5.41, 5.74) is 7.64. The van der Waals surface area contributed by atoms with Crippen molar-refractivity contribution in [2.75, 3.05) is 0 Å². The molecule has 0 aliphatic heterocycles. The van der Waals surface area contributed by atoms with Crippen LogP contribution in [0.1, 0.15) is 60.4 Å². The number of benzene rings is 1. The van der Waals surface area contributed by atoms with E-state index in [9.17, 15) is 14.7 Å². The molecule has 0 radical (unpaired) electrons. The number of aliphatic hydroxyl groups is 1. The first-order valence-electron chi connectivity index (χ1n) is 13.0. The van der Waals surface area contributed by atoms with Gasteiger partial charge >= 0.3 is 0 Å². The van der Waals surface area contributed by atoms with Crippen molar-refractivity contribution in [1.82, 2.24) is 29.9 Å². The Kier molecular flexibility index (Phi) is 7.09. The van der Waals surface area contributed by atoms with Crippen LogP contribution in [0.2, 0.25) is 0 Å². The molecule has 1 saturated carbocycles. The molecule has 1 aliphatic rings. The molecule has 2 amide bonds. The lowest BCUT2D eigenvalue weighted by atomic mass is 9.92. The van der Waals surface area contributed by atoms with Gasteiger partial charge in [-0.3, -0.25) is 19.0 Å². The number of carbonyl (C=O) groups excluding carboxylic acids is 2. The van der Waals surface area contributed by atoms with Gasteiger partial charge in [0.2, 0.25) is 5.88 Å². The monoisotopic (exact) mass is 531 g/mol. The summed E-state index contributed by atoms with van der Waals surface area (Å²) in [6.45, 7) is 3.66. The van der Waals surface area contributed by atoms with Gasteiger partial charge in [0, 0.05) is 36.4 Å². The summed E-state index contributed by atoms with van der Waals surface area (Å²) in [6.07, 6.45) is 7.93. The zero-order chi connectivity index (χ0) is 27.7. The number of nitrogens with one attached hydrogen (secondary N) is 1. The predicted octanol–water partition coefficient (Wildman–Crippen LogP) is 2.82. The van der Waals surface area contributed by atoms with E-state index in [1.54, 1.807) is 47.7 Å². The summed E-state index contributed by atoms with van der Waals surface area (Å²) in [5.74, 6) is -0.601. The lowest BCUT2D eigenvalue weighted by Gasteiger charge is -2.29. The molecular formula is C28H33N7O4. The number of aromatic nitrogens is 5. The molecule has 1 fully saturated rings. The van der Waals surface area contributed by atoms with Crippen molar-refractivity contribution in [1.29, 1.82) is 0 Å². The highest BCUT2D eigenvalue weighted by Gasteiger charge is 2.28. The molecule has 0 spiro atoms. The molecule has 4 aromatic rings. The molecule has 11 nitrogen and oxygen atoms in total. The SMILES string of the molecule is Cn1cc(-c2ccc3c(c2)c(C(=O)NC2CCC(Oc4ncccc4C(N)=O)CC2)nn3CC(C)(C)O)cn1. The third-order valence-electron chi connectivity index (χ3n) is 6.86. The number of amides is 2. The van der Waals surface area contributed by atoms with Gasteiger partial charge in [-0.25, -0.2) is 4.98 Å². The van der Waals surface area contributed by atoms with E-state index in [4.69, 9.17) is 10.5 Å². The molecule has 3 heterocycles. The minimum atomic E-state index is -1.00. The Morgan fingerprint density at radius 1 is 1.18 bits per heavy atom. The van der Waals surface area contributed by atoms with E-state index >= 15 is 0 Å².